The maximum atomic E-state index is 12.5. The first-order valence-electron chi connectivity index (χ1n) is 8.32. The van der Waals surface area contributed by atoms with Gasteiger partial charge in [-0.2, -0.15) is 0 Å². The largest absolute Gasteiger partial charge is 0.379 e. The fourth-order valence-electron chi connectivity index (χ4n) is 3.36. The molecule has 0 saturated carbocycles. The van der Waals surface area contributed by atoms with Gasteiger partial charge in [-0.05, 0) is 31.4 Å². The second-order valence-corrected chi connectivity index (χ2v) is 6.12. The van der Waals surface area contributed by atoms with Crippen molar-refractivity contribution < 1.29 is 9.53 Å². The number of carbonyl (C=O) groups is 1. The number of nitrogens with zero attached hydrogens (tertiary/aromatic N) is 3. The molecule has 0 spiro atoms. The highest BCUT2D eigenvalue weighted by atomic mass is 16.5. The third kappa shape index (κ3) is 4.05. The summed E-state index contributed by atoms with van der Waals surface area (Å²) in [5.74, 6) is 0.279. The van der Waals surface area contributed by atoms with Crippen molar-refractivity contribution in [2.24, 2.45) is 0 Å². The topological polar surface area (TPSA) is 45.7 Å². The summed E-state index contributed by atoms with van der Waals surface area (Å²) < 4.78 is 5.40. The Hall–Kier alpha value is -1.46. The van der Waals surface area contributed by atoms with Crippen LogP contribution in [0, 0.1) is 0 Å². The van der Waals surface area contributed by atoms with Crippen LogP contribution in [0.4, 0.5) is 0 Å². The van der Waals surface area contributed by atoms with Crippen molar-refractivity contribution in [2.75, 3.05) is 39.4 Å². The lowest BCUT2D eigenvalue weighted by Crippen LogP contribution is -2.46. The molecule has 3 heterocycles. The van der Waals surface area contributed by atoms with Crippen LogP contribution in [0.1, 0.15) is 25.0 Å². The number of likely N-dealkylation sites (tertiary alicyclic amines) is 1. The number of hydrogen-bond acceptors (Lipinski definition) is 4. The first-order valence-corrected chi connectivity index (χ1v) is 8.32. The minimum Gasteiger partial charge on any atom is -0.379 e. The SMILES string of the molecule is O=C(CCc1ccccn1)N1CCCC1CN1CCOCC1. The molecule has 3 rings (SSSR count). The van der Waals surface area contributed by atoms with Gasteiger partial charge in [-0.1, -0.05) is 6.07 Å². The second kappa shape index (κ2) is 7.70. The molecular formula is C17H25N3O2. The van der Waals surface area contributed by atoms with E-state index in [2.05, 4.69) is 14.8 Å². The summed E-state index contributed by atoms with van der Waals surface area (Å²) in [7, 11) is 0. The van der Waals surface area contributed by atoms with E-state index in [9.17, 15) is 4.79 Å². The molecule has 5 nitrogen and oxygen atoms in total. The van der Waals surface area contributed by atoms with Gasteiger partial charge in [0.1, 0.15) is 0 Å². The average Bonchev–Trinajstić information content (AvgIpc) is 3.03. The molecule has 1 aromatic heterocycles. The number of rotatable bonds is 5. The van der Waals surface area contributed by atoms with E-state index in [-0.39, 0.29) is 5.91 Å². The summed E-state index contributed by atoms with van der Waals surface area (Å²) in [4.78, 5) is 21.3. The van der Waals surface area contributed by atoms with Gasteiger partial charge in [-0.3, -0.25) is 14.7 Å². The summed E-state index contributed by atoms with van der Waals surface area (Å²) in [5, 5.41) is 0. The van der Waals surface area contributed by atoms with Crippen molar-refractivity contribution in [1.29, 1.82) is 0 Å². The zero-order chi connectivity index (χ0) is 15.2. The standard InChI is InChI=1S/C17H25N3O2/c21-17(7-6-15-4-1-2-8-18-15)20-9-3-5-16(20)14-19-10-12-22-13-11-19/h1-2,4,8,16H,3,5-7,9-14H2. The van der Waals surface area contributed by atoms with Crippen molar-refractivity contribution >= 4 is 5.91 Å². The molecule has 1 atom stereocenters. The van der Waals surface area contributed by atoms with Gasteiger partial charge < -0.3 is 9.64 Å². The molecule has 2 fully saturated rings. The van der Waals surface area contributed by atoms with Gasteiger partial charge >= 0.3 is 0 Å². The minimum atomic E-state index is 0.279. The van der Waals surface area contributed by atoms with Gasteiger partial charge in [0.25, 0.3) is 0 Å². The van der Waals surface area contributed by atoms with Crippen LogP contribution in [0.2, 0.25) is 0 Å². The molecule has 2 aliphatic rings. The molecule has 2 saturated heterocycles. The van der Waals surface area contributed by atoms with Crippen molar-refractivity contribution in [1.82, 2.24) is 14.8 Å². The van der Waals surface area contributed by atoms with E-state index in [0.29, 0.717) is 12.5 Å². The summed E-state index contributed by atoms with van der Waals surface area (Å²) >= 11 is 0. The van der Waals surface area contributed by atoms with Crippen LogP contribution in [-0.2, 0) is 16.0 Å². The van der Waals surface area contributed by atoms with Crippen LogP contribution >= 0.6 is 0 Å². The quantitative estimate of drug-likeness (QED) is 0.823. The highest BCUT2D eigenvalue weighted by Crippen LogP contribution is 2.20. The van der Waals surface area contributed by atoms with E-state index in [1.54, 1.807) is 6.20 Å². The fourth-order valence-corrected chi connectivity index (χ4v) is 3.36. The van der Waals surface area contributed by atoms with E-state index in [1.807, 2.05) is 18.2 Å². The predicted octanol–water partition coefficient (Wildman–Crippen LogP) is 1.34. The Kier molecular flexibility index (Phi) is 5.40. The van der Waals surface area contributed by atoms with Crippen LogP contribution in [0.25, 0.3) is 0 Å². The summed E-state index contributed by atoms with van der Waals surface area (Å²) in [6, 6.07) is 6.26. The molecule has 0 N–H and O–H groups in total. The number of aryl methyl sites for hydroxylation is 1. The molecule has 0 radical (unpaired) electrons. The maximum absolute atomic E-state index is 12.5. The zero-order valence-corrected chi connectivity index (χ0v) is 13.1. The minimum absolute atomic E-state index is 0.279. The number of pyridine rings is 1. The average molecular weight is 303 g/mol. The molecule has 22 heavy (non-hydrogen) atoms. The van der Waals surface area contributed by atoms with E-state index < -0.39 is 0 Å². The number of aromatic nitrogens is 1. The van der Waals surface area contributed by atoms with Gasteiger partial charge in [-0.15, -0.1) is 0 Å². The fraction of sp³-hybridized carbons (Fsp3) is 0.647. The van der Waals surface area contributed by atoms with E-state index in [0.717, 1.165) is 64.3 Å². The Morgan fingerprint density at radius 1 is 1.27 bits per heavy atom. The first kappa shape index (κ1) is 15.4. The van der Waals surface area contributed by atoms with Crippen LogP contribution in [-0.4, -0.2) is 66.1 Å². The highest BCUT2D eigenvalue weighted by molar-refractivity contribution is 5.77. The second-order valence-electron chi connectivity index (χ2n) is 6.12. The van der Waals surface area contributed by atoms with Crippen molar-refractivity contribution in [2.45, 2.75) is 31.7 Å². The lowest BCUT2D eigenvalue weighted by molar-refractivity contribution is -0.132. The number of ether oxygens (including phenoxy) is 1. The van der Waals surface area contributed by atoms with Crippen molar-refractivity contribution in [3.63, 3.8) is 0 Å². The normalized spacial score (nSPS) is 22.9. The molecule has 1 unspecified atom stereocenters. The Bertz CT molecular complexity index is 474. The smallest absolute Gasteiger partial charge is 0.223 e. The van der Waals surface area contributed by atoms with Gasteiger partial charge in [0.15, 0.2) is 0 Å². The van der Waals surface area contributed by atoms with E-state index in [1.165, 1.54) is 0 Å². The first-order chi connectivity index (χ1) is 10.8. The molecule has 0 bridgehead atoms. The Balaban J connectivity index is 1.49. The number of hydrogen-bond donors (Lipinski definition) is 0. The molecule has 2 aliphatic heterocycles. The van der Waals surface area contributed by atoms with Crippen molar-refractivity contribution in [3.05, 3.63) is 30.1 Å². The van der Waals surface area contributed by atoms with Crippen LogP contribution in [0.3, 0.4) is 0 Å². The van der Waals surface area contributed by atoms with Gasteiger partial charge in [-0.25, -0.2) is 0 Å². The summed E-state index contributed by atoms with van der Waals surface area (Å²) in [6.07, 6.45) is 5.35. The van der Waals surface area contributed by atoms with E-state index >= 15 is 0 Å². The lowest BCUT2D eigenvalue weighted by Gasteiger charge is -2.33. The predicted molar refractivity (Wildman–Crippen MR) is 84.6 cm³/mol. The molecule has 0 aromatic carbocycles. The van der Waals surface area contributed by atoms with Gasteiger partial charge in [0.05, 0.1) is 13.2 Å². The van der Waals surface area contributed by atoms with Gasteiger partial charge in [0, 0.05) is 50.5 Å². The third-order valence-electron chi connectivity index (χ3n) is 4.59. The molecule has 0 aliphatic carbocycles. The Morgan fingerprint density at radius 2 is 2.14 bits per heavy atom. The molecule has 1 aromatic rings. The number of carbonyl (C=O) groups excluding carboxylic acids is 1. The monoisotopic (exact) mass is 303 g/mol. The summed E-state index contributed by atoms with van der Waals surface area (Å²) in [6.45, 7) is 5.54. The number of amides is 1. The van der Waals surface area contributed by atoms with E-state index in [4.69, 9.17) is 4.74 Å². The number of morpholine rings is 1. The van der Waals surface area contributed by atoms with Crippen molar-refractivity contribution in [3.8, 4) is 0 Å². The lowest BCUT2D eigenvalue weighted by atomic mass is 10.1. The molecular weight excluding hydrogens is 278 g/mol. The molecule has 5 heteroatoms. The van der Waals surface area contributed by atoms with Crippen LogP contribution in [0.15, 0.2) is 24.4 Å². The molecule has 1 amide bonds. The summed E-state index contributed by atoms with van der Waals surface area (Å²) in [5.41, 5.74) is 1.000. The van der Waals surface area contributed by atoms with Gasteiger partial charge in [0.2, 0.25) is 5.91 Å². The highest BCUT2D eigenvalue weighted by Gasteiger charge is 2.30. The Labute approximate surface area is 132 Å². The third-order valence-corrected chi connectivity index (χ3v) is 4.59. The Morgan fingerprint density at radius 3 is 2.91 bits per heavy atom. The van der Waals surface area contributed by atoms with Crippen LogP contribution < -0.4 is 0 Å². The molecule has 120 valence electrons. The van der Waals surface area contributed by atoms with Crippen LogP contribution in [0.5, 0.6) is 0 Å². The maximum Gasteiger partial charge on any atom is 0.223 e. The zero-order valence-electron chi connectivity index (χ0n) is 13.1.